The van der Waals surface area contributed by atoms with Crippen molar-refractivity contribution < 1.29 is 9.53 Å². The van der Waals surface area contributed by atoms with Crippen LogP contribution in [0.3, 0.4) is 0 Å². The van der Waals surface area contributed by atoms with E-state index in [9.17, 15) is 4.79 Å². The summed E-state index contributed by atoms with van der Waals surface area (Å²) in [6.45, 7) is 1.66. The largest absolute Gasteiger partial charge is 0.369 e. The molecular formula is C32H34N2O2. The maximum Gasteiger partial charge on any atom is 0.254 e. The Morgan fingerprint density at radius 2 is 1.64 bits per heavy atom. The van der Waals surface area contributed by atoms with E-state index >= 15 is 0 Å². The molecule has 4 heteroatoms. The zero-order chi connectivity index (χ0) is 24.5. The normalized spacial score (nSPS) is 26.5. The van der Waals surface area contributed by atoms with Gasteiger partial charge in [0.05, 0.1) is 18.2 Å². The Hall–Kier alpha value is -3.21. The fraction of sp³-hybridized carbons (Fsp3) is 0.344. The summed E-state index contributed by atoms with van der Waals surface area (Å²) in [5.41, 5.74) is 8.41. The van der Waals surface area contributed by atoms with Crippen LogP contribution in [0.25, 0.3) is 10.8 Å². The van der Waals surface area contributed by atoms with Crippen molar-refractivity contribution in [2.45, 2.75) is 50.5 Å². The summed E-state index contributed by atoms with van der Waals surface area (Å²) in [5, 5.41) is 2.23. The summed E-state index contributed by atoms with van der Waals surface area (Å²) in [6, 6.07) is 22.6. The Labute approximate surface area is 213 Å². The maximum atomic E-state index is 14.1. The van der Waals surface area contributed by atoms with Crippen molar-refractivity contribution in [1.29, 1.82) is 0 Å². The van der Waals surface area contributed by atoms with E-state index in [0.29, 0.717) is 31.5 Å². The van der Waals surface area contributed by atoms with Crippen molar-refractivity contribution >= 4 is 16.7 Å². The highest BCUT2D eigenvalue weighted by atomic mass is 16.5. The first-order valence-electron chi connectivity index (χ1n) is 13.2. The van der Waals surface area contributed by atoms with Gasteiger partial charge < -0.3 is 15.4 Å². The molecule has 3 aromatic carbocycles. The van der Waals surface area contributed by atoms with Crippen molar-refractivity contribution in [3.63, 3.8) is 0 Å². The quantitative estimate of drug-likeness (QED) is 0.442. The first kappa shape index (κ1) is 23.2. The molecule has 1 heterocycles. The third-order valence-corrected chi connectivity index (χ3v) is 8.39. The predicted molar refractivity (Wildman–Crippen MR) is 144 cm³/mol. The summed E-state index contributed by atoms with van der Waals surface area (Å²) >= 11 is 0. The summed E-state index contributed by atoms with van der Waals surface area (Å²) in [4.78, 5) is 16.1. The van der Waals surface area contributed by atoms with Crippen LogP contribution < -0.4 is 5.73 Å². The summed E-state index contributed by atoms with van der Waals surface area (Å²) < 4.78 is 6.90. The van der Waals surface area contributed by atoms with Crippen LogP contribution >= 0.6 is 0 Å². The molecule has 184 valence electrons. The molecule has 0 radical (unpaired) electrons. The van der Waals surface area contributed by atoms with E-state index in [-0.39, 0.29) is 17.6 Å². The number of benzene rings is 3. The first-order chi connectivity index (χ1) is 17.6. The van der Waals surface area contributed by atoms with Gasteiger partial charge in [-0.1, -0.05) is 78.9 Å². The number of nitrogens with zero attached hydrogens (tertiary/aromatic N) is 1. The molecule has 1 aliphatic heterocycles. The standard InChI is InChI=1S/C32H34N2O2/c33-20-23-12-14-24(15-13-23)21-34(31(35)27-17-16-25-7-1-2-8-26(25)19-27)22-32-18-6-5-10-29(32)28-9-3-4-11-30(28)36-32/h1-8,12-17,19,28-30H,9-11,18,20-22,33H2. The summed E-state index contributed by atoms with van der Waals surface area (Å²) in [7, 11) is 0. The number of rotatable bonds is 6. The molecule has 1 amide bonds. The molecule has 2 N–H and O–H groups in total. The average Bonchev–Trinajstić information content (AvgIpc) is 3.26. The highest BCUT2D eigenvalue weighted by Crippen LogP contribution is 2.51. The van der Waals surface area contributed by atoms with E-state index in [1.807, 2.05) is 35.2 Å². The van der Waals surface area contributed by atoms with E-state index in [2.05, 4.69) is 60.7 Å². The number of nitrogens with two attached hydrogens (primary N) is 1. The molecule has 4 atom stereocenters. The smallest absolute Gasteiger partial charge is 0.254 e. The molecule has 3 aromatic rings. The van der Waals surface area contributed by atoms with Gasteiger partial charge in [0, 0.05) is 18.7 Å². The van der Waals surface area contributed by atoms with Gasteiger partial charge in [0.15, 0.2) is 0 Å². The van der Waals surface area contributed by atoms with Crippen LogP contribution in [0.2, 0.25) is 0 Å². The van der Waals surface area contributed by atoms with Gasteiger partial charge in [-0.2, -0.15) is 0 Å². The average molecular weight is 479 g/mol. The van der Waals surface area contributed by atoms with E-state index in [1.54, 1.807) is 0 Å². The topological polar surface area (TPSA) is 55.6 Å². The molecular weight excluding hydrogens is 444 g/mol. The third-order valence-electron chi connectivity index (χ3n) is 8.39. The fourth-order valence-corrected chi connectivity index (χ4v) is 6.51. The lowest BCUT2D eigenvalue weighted by molar-refractivity contribution is -0.0741. The van der Waals surface area contributed by atoms with Gasteiger partial charge in [-0.25, -0.2) is 0 Å². The predicted octanol–water partition coefficient (Wildman–Crippen LogP) is 6.01. The van der Waals surface area contributed by atoms with Gasteiger partial charge in [0.1, 0.15) is 0 Å². The highest BCUT2D eigenvalue weighted by molar-refractivity contribution is 5.98. The van der Waals surface area contributed by atoms with E-state index < -0.39 is 0 Å². The summed E-state index contributed by atoms with van der Waals surface area (Å²) in [6.07, 6.45) is 13.3. The lowest BCUT2D eigenvalue weighted by atomic mass is 9.70. The zero-order valence-electron chi connectivity index (χ0n) is 20.7. The minimum atomic E-state index is -0.334. The number of ether oxygens (including phenoxy) is 1. The van der Waals surface area contributed by atoms with Crippen molar-refractivity contribution in [3.8, 4) is 0 Å². The number of fused-ring (bicyclic) bond motifs is 4. The van der Waals surface area contributed by atoms with Gasteiger partial charge >= 0.3 is 0 Å². The first-order valence-corrected chi connectivity index (χ1v) is 13.2. The fourth-order valence-electron chi connectivity index (χ4n) is 6.51. The molecule has 6 rings (SSSR count). The molecule has 0 bridgehead atoms. The molecule has 36 heavy (non-hydrogen) atoms. The second-order valence-electron chi connectivity index (χ2n) is 10.6. The minimum Gasteiger partial charge on any atom is -0.369 e. The molecule has 1 fully saturated rings. The van der Waals surface area contributed by atoms with Crippen LogP contribution in [0.15, 0.2) is 91.0 Å². The van der Waals surface area contributed by atoms with Crippen molar-refractivity contribution in [2.75, 3.05) is 6.54 Å². The van der Waals surface area contributed by atoms with Gasteiger partial charge in [-0.3, -0.25) is 4.79 Å². The Bertz CT molecular complexity index is 1310. The number of carbonyl (C=O) groups excluding carboxylic acids is 1. The maximum absolute atomic E-state index is 14.1. The van der Waals surface area contributed by atoms with Crippen molar-refractivity contribution in [2.24, 2.45) is 17.6 Å². The Morgan fingerprint density at radius 3 is 2.47 bits per heavy atom. The van der Waals surface area contributed by atoms with Gasteiger partial charge in [-0.05, 0) is 71.6 Å². The van der Waals surface area contributed by atoms with Crippen molar-refractivity contribution in [3.05, 3.63) is 108 Å². The second-order valence-corrected chi connectivity index (χ2v) is 10.6. The molecule has 4 unspecified atom stereocenters. The highest BCUT2D eigenvalue weighted by Gasteiger charge is 2.55. The lowest BCUT2D eigenvalue weighted by Gasteiger charge is -2.41. The van der Waals surface area contributed by atoms with Crippen LogP contribution in [-0.4, -0.2) is 29.1 Å². The number of hydrogen-bond acceptors (Lipinski definition) is 3. The molecule has 1 saturated heterocycles. The molecule has 0 saturated carbocycles. The molecule has 4 nitrogen and oxygen atoms in total. The SMILES string of the molecule is NCc1ccc(CN(CC23CC=CCC2C2CC=CCC2O3)C(=O)c2ccc3ccccc3c2)cc1. The van der Waals surface area contributed by atoms with Gasteiger partial charge in [0.25, 0.3) is 5.91 Å². The number of hydrogen-bond donors (Lipinski definition) is 1. The van der Waals surface area contributed by atoms with Crippen molar-refractivity contribution in [1.82, 2.24) is 4.90 Å². The molecule has 3 aliphatic rings. The van der Waals surface area contributed by atoms with Crippen LogP contribution in [0.5, 0.6) is 0 Å². The second kappa shape index (κ2) is 9.68. The molecule has 2 aliphatic carbocycles. The third kappa shape index (κ3) is 4.29. The van der Waals surface area contributed by atoms with Gasteiger partial charge in [0.2, 0.25) is 0 Å². The van der Waals surface area contributed by atoms with E-state index in [1.165, 1.54) is 0 Å². The minimum absolute atomic E-state index is 0.0583. The van der Waals surface area contributed by atoms with E-state index in [4.69, 9.17) is 10.5 Å². The van der Waals surface area contributed by atoms with Crippen LogP contribution in [-0.2, 0) is 17.8 Å². The zero-order valence-corrected chi connectivity index (χ0v) is 20.7. The summed E-state index contributed by atoms with van der Waals surface area (Å²) in [5.74, 6) is 1.02. The van der Waals surface area contributed by atoms with Crippen LogP contribution in [0.4, 0.5) is 0 Å². The lowest BCUT2D eigenvalue weighted by Crippen LogP contribution is -2.50. The monoisotopic (exact) mass is 478 g/mol. The van der Waals surface area contributed by atoms with Gasteiger partial charge in [-0.15, -0.1) is 0 Å². The van der Waals surface area contributed by atoms with Crippen LogP contribution in [0, 0.1) is 11.8 Å². The van der Waals surface area contributed by atoms with Crippen LogP contribution in [0.1, 0.15) is 47.2 Å². The number of allylic oxidation sites excluding steroid dienone is 2. The number of amides is 1. The molecule has 0 spiro atoms. The Balaban J connectivity index is 1.34. The Kier molecular flexibility index (Phi) is 6.24. The number of carbonyl (C=O) groups is 1. The molecule has 0 aromatic heterocycles. The Morgan fingerprint density at radius 1 is 0.889 bits per heavy atom. The van der Waals surface area contributed by atoms with E-state index in [0.717, 1.165) is 53.1 Å².